The number of benzene rings is 1. The van der Waals surface area contributed by atoms with E-state index in [1.807, 2.05) is 37.3 Å². The van der Waals surface area contributed by atoms with E-state index in [-0.39, 0.29) is 11.4 Å². The average molecular weight is 182 g/mol. The highest BCUT2D eigenvalue weighted by atomic mass is 32.1. The van der Waals surface area contributed by atoms with E-state index in [9.17, 15) is 0 Å². The molecule has 0 aliphatic heterocycles. The van der Waals surface area contributed by atoms with Gasteiger partial charge in [-0.1, -0.05) is 30.3 Å². The van der Waals surface area contributed by atoms with Gasteiger partial charge >= 0.3 is 0 Å². The van der Waals surface area contributed by atoms with E-state index in [0.717, 1.165) is 5.56 Å². The van der Waals surface area contributed by atoms with Crippen molar-refractivity contribution in [1.82, 2.24) is 0 Å². The number of thiol groups is 1. The lowest BCUT2D eigenvalue weighted by Gasteiger charge is -2.22. The maximum Gasteiger partial charge on any atom is 0.0447 e. The van der Waals surface area contributed by atoms with Gasteiger partial charge in [-0.25, -0.2) is 0 Å². The van der Waals surface area contributed by atoms with Gasteiger partial charge in [0.1, 0.15) is 0 Å². The SMILES string of the molecule is C[C@](S)(CCO)c1ccccc1. The van der Waals surface area contributed by atoms with Gasteiger partial charge in [-0.15, -0.1) is 0 Å². The quantitative estimate of drug-likeness (QED) is 0.687. The summed E-state index contributed by atoms with van der Waals surface area (Å²) in [5.41, 5.74) is 1.15. The molecule has 0 spiro atoms. The molecule has 0 fully saturated rings. The third kappa shape index (κ3) is 2.26. The highest BCUT2D eigenvalue weighted by molar-refractivity contribution is 7.81. The summed E-state index contributed by atoms with van der Waals surface area (Å²) in [6.07, 6.45) is 0.681. The van der Waals surface area contributed by atoms with Crippen LogP contribution in [-0.2, 0) is 4.75 Å². The predicted octanol–water partition coefficient (Wildman–Crippen LogP) is 2.21. The molecule has 0 amide bonds. The fraction of sp³-hybridized carbons (Fsp3) is 0.400. The number of aliphatic hydroxyl groups is 1. The Morgan fingerprint density at radius 3 is 2.42 bits per heavy atom. The van der Waals surface area contributed by atoms with Gasteiger partial charge in [0, 0.05) is 11.4 Å². The fourth-order valence-electron chi connectivity index (χ4n) is 1.16. The summed E-state index contributed by atoms with van der Waals surface area (Å²) in [7, 11) is 0. The molecule has 0 aliphatic rings. The van der Waals surface area contributed by atoms with Gasteiger partial charge in [0.2, 0.25) is 0 Å². The van der Waals surface area contributed by atoms with Crippen LogP contribution >= 0.6 is 12.6 Å². The van der Waals surface area contributed by atoms with Crippen LogP contribution in [0.2, 0.25) is 0 Å². The van der Waals surface area contributed by atoms with Crippen molar-refractivity contribution in [2.24, 2.45) is 0 Å². The summed E-state index contributed by atoms with van der Waals surface area (Å²) in [5.74, 6) is 0. The maximum atomic E-state index is 8.81. The van der Waals surface area contributed by atoms with Crippen LogP contribution in [0.25, 0.3) is 0 Å². The summed E-state index contributed by atoms with van der Waals surface area (Å²) in [6, 6.07) is 10.0. The molecular weight excluding hydrogens is 168 g/mol. The van der Waals surface area contributed by atoms with Gasteiger partial charge in [-0.2, -0.15) is 12.6 Å². The van der Waals surface area contributed by atoms with Crippen molar-refractivity contribution in [2.45, 2.75) is 18.1 Å². The molecule has 66 valence electrons. The zero-order valence-electron chi connectivity index (χ0n) is 7.20. The fourth-order valence-corrected chi connectivity index (χ4v) is 1.41. The van der Waals surface area contributed by atoms with E-state index in [4.69, 9.17) is 5.11 Å². The summed E-state index contributed by atoms with van der Waals surface area (Å²) >= 11 is 4.50. The lowest BCUT2D eigenvalue weighted by molar-refractivity contribution is 0.272. The zero-order valence-corrected chi connectivity index (χ0v) is 8.09. The molecule has 0 unspecified atom stereocenters. The van der Waals surface area contributed by atoms with Crippen LogP contribution < -0.4 is 0 Å². The molecule has 0 saturated carbocycles. The molecule has 1 atom stereocenters. The van der Waals surface area contributed by atoms with Crippen LogP contribution in [0.4, 0.5) is 0 Å². The Bertz CT molecular complexity index is 231. The Kier molecular flexibility index (Phi) is 3.18. The van der Waals surface area contributed by atoms with E-state index >= 15 is 0 Å². The predicted molar refractivity (Wildman–Crippen MR) is 54.5 cm³/mol. The molecular formula is C10H14OS. The number of aliphatic hydroxyl groups excluding tert-OH is 1. The first kappa shape index (κ1) is 9.62. The molecule has 1 nitrogen and oxygen atoms in total. The Labute approximate surface area is 78.8 Å². The molecule has 1 aromatic carbocycles. The first-order chi connectivity index (χ1) is 5.67. The highest BCUT2D eigenvalue weighted by Crippen LogP contribution is 2.30. The van der Waals surface area contributed by atoms with Gasteiger partial charge in [0.05, 0.1) is 0 Å². The van der Waals surface area contributed by atoms with Crippen LogP contribution in [0.15, 0.2) is 30.3 Å². The topological polar surface area (TPSA) is 20.2 Å². The molecule has 0 aliphatic carbocycles. The molecule has 1 rings (SSSR count). The number of hydrogen-bond acceptors (Lipinski definition) is 2. The normalized spacial score (nSPS) is 15.6. The summed E-state index contributed by atoms with van der Waals surface area (Å²) < 4.78 is -0.212. The van der Waals surface area contributed by atoms with E-state index in [1.165, 1.54) is 0 Å². The van der Waals surface area contributed by atoms with Crippen molar-refractivity contribution in [3.05, 3.63) is 35.9 Å². The van der Waals surface area contributed by atoms with Gasteiger partial charge in [0.25, 0.3) is 0 Å². The Morgan fingerprint density at radius 1 is 1.33 bits per heavy atom. The summed E-state index contributed by atoms with van der Waals surface area (Å²) in [4.78, 5) is 0. The Hall–Kier alpha value is -0.470. The van der Waals surface area contributed by atoms with Gasteiger partial charge < -0.3 is 5.11 Å². The van der Waals surface area contributed by atoms with Crippen molar-refractivity contribution in [3.63, 3.8) is 0 Å². The molecule has 0 saturated heterocycles. The minimum atomic E-state index is -0.212. The minimum Gasteiger partial charge on any atom is -0.396 e. The standard InChI is InChI=1S/C10H14OS/c1-10(12,7-8-11)9-5-3-2-4-6-9/h2-6,11-12H,7-8H2,1H3/t10-/m0/s1. The summed E-state index contributed by atoms with van der Waals surface area (Å²) in [5, 5.41) is 8.81. The van der Waals surface area contributed by atoms with Crippen LogP contribution in [0.5, 0.6) is 0 Å². The second kappa shape index (κ2) is 3.97. The smallest absolute Gasteiger partial charge is 0.0447 e. The molecule has 0 radical (unpaired) electrons. The van der Waals surface area contributed by atoms with Gasteiger partial charge in [0.15, 0.2) is 0 Å². The van der Waals surface area contributed by atoms with Crippen molar-refractivity contribution in [1.29, 1.82) is 0 Å². The molecule has 2 heteroatoms. The molecule has 12 heavy (non-hydrogen) atoms. The molecule has 0 bridgehead atoms. The van der Waals surface area contributed by atoms with Gasteiger partial charge in [-0.05, 0) is 18.9 Å². The maximum absolute atomic E-state index is 8.81. The lowest BCUT2D eigenvalue weighted by atomic mass is 9.97. The minimum absolute atomic E-state index is 0.175. The molecule has 0 aromatic heterocycles. The third-order valence-electron chi connectivity index (χ3n) is 1.99. The zero-order chi connectivity index (χ0) is 9.03. The first-order valence-electron chi connectivity index (χ1n) is 4.05. The first-order valence-corrected chi connectivity index (χ1v) is 4.50. The Balaban J connectivity index is 2.82. The second-order valence-electron chi connectivity index (χ2n) is 3.11. The molecule has 1 aromatic rings. The molecule has 0 heterocycles. The van der Waals surface area contributed by atoms with Crippen LogP contribution in [0, 0.1) is 0 Å². The third-order valence-corrected chi connectivity index (χ3v) is 2.48. The lowest BCUT2D eigenvalue weighted by Crippen LogP contribution is -2.15. The summed E-state index contributed by atoms with van der Waals surface area (Å²) in [6.45, 7) is 2.19. The van der Waals surface area contributed by atoms with Gasteiger partial charge in [-0.3, -0.25) is 0 Å². The van der Waals surface area contributed by atoms with Crippen LogP contribution in [0.3, 0.4) is 0 Å². The molecule has 1 N–H and O–H groups in total. The van der Waals surface area contributed by atoms with Crippen molar-refractivity contribution < 1.29 is 5.11 Å². The largest absolute Gasteiger partial charge is 0.396 e. The van der Waals surface area contributed by atoms with Crippen LogP contribution in [-0.4, -0.2) is 11.7 Å². The number of rotatable bonds is 3. The van der Waals surface area contributed by atoms with E-state index < -0.39 is 0 Å². The van der Waals surface area contributed by atoms with E-state index in [1.54, 1.807) is 0 Å². The van der Waals surface area contributed by atoms with Crippen molar-refractivity contribution >= 4 is 12.6 Å². The average Bonchev–Trinajstić information content (AvgIpc) is 2.06. The van der Waals surface area contributed by atoms with E-state index in [2.05, 4.69) is 12.6 Å². The Morgan fingerprint density at radius 2 is 1.92 bits per heavy atom. The highest BCUT2D eigenvalue weighted by Gasteiger charge is 2.19. The monoisotopic (exact) mass is 182 g/mol. The van der Waals surface area contributed by atoms with Crippen LogP contribution in [0.1, 0.15) is 18.9 Å². The number of hydrogen-bond donors (Lipinski definition) is 2. The van der Waals surface area contributed by atoms with Crippen molar-refractivity contribution in [2.75, 3.05) is 6.61 Å². The second-order valence-corrected chi connectivity index (χ2v) is 4.10. The van der Waals surface area contributed by atoms with Crippen molar-refractivity contribution in [3.8, 4) is 0 Å². The van der Waals surface area contributed by atoms with E-state index in [0.29, 0.717) is 6.42 Å².